The molecule has 21 heavy (non-hydrogen) atoms. The Balaban J connectivity index is 1.87. The predicted molar refractivity (Wildman–Crippen MR) is 86.1 cm³/mol. The van der Waals surface area contributed by atoms with Gasteiger partial charge < -0.3 is 9.84 Å². The number of benzene rings is 2. The summed E-state index contributed by atoms with van der Waals surface area (Å²) in [7, 11) is 0. The number of aliphatic hydroxyl groups is 1. The highest BCUT2D eigenvalue weighted by molar-refractivity contribution is 9.10. The Kier molecular flexibility index (Phi) is 4.18. The zero-order valence-corrected chi connectivity index (χ0v) is 12.9. The van der Waals surface area contributed by atoms with Crippen LogP contribution in [-0.4, -0.2) is 10.1 Å². The second-order valence-electron chi connectivity index (χ2n) is 4.69. The van der Waals surface area contributed by atoms with Gasteiger partial charge in [0.25, 0.3) is 0 Å². The standard InChI is InChI=1S/C17H14BrNO2/c18-15-6-7-16(14(9-15)10-20)21-11-13-4-1-3-12-5-2-8-19-17(12)13/h1-9,20H,10-11H2. The highest BCUT2D eigenvalue weighted by Crippen LogP contribution is 2.25. The molecule has 0 atom stereocenters. The Morgan fingerprint density at radius 3 is 2.76 bits per heavy atom. The Hall–Kier alpha value is -1.91. The molecule has 0 bridgehead atoms. The number of pyridine rings is 1. The molecule has 1 aromatic heterocycles. The van der Waals surface area contributed by atoms with E-state index in [4.69, 9.17) is 4.74 Å². The Morgan fingerprint density at radius 1 is 1.05 bits per heavy atom. The van der Waals surface area contributed by atoms with Gasteiger partial charge in [-0.15, -0.1) is 0 Å². The lowest BCUT2D eigenvalue weighted by Crippen LogP contribution is -2.00. The lowest BCUT2D eigenvalue weighted by molar-refractivity contribution is 0.259. The Bertz CT molecular complexity index is 768. The van der Waals surface area contributed by atoms with Crippen LogP contribution in [-0.2, 0) is 13.2 Å². The van der Waals surface area contributed by atoms with Gasteiger partial charge in [-0.2, -0.15) is 0 Å². The highest BCUT2D eigenvalue weighted by atomic mass is 79.9. The third-order valence-corrected chi connectivity index (χ3v) is 3.79. The van der Waals surface area contributed by atoms with Gasteiger partial charge in [-0.05, 0) is 24.3 Å². The van der Waals surface area contributed by atoms with E-state index in [0.29, 0.717) is 12.4 Å². The van der Waals surface area contributed by atoms with Crippen molar-refractivity contribution in [3.63, 3.8) is 0 Å². The summed E-state index contributed by atoms with van der Waals surface area (Å²) in [4.78, 5) is 4.41. The van der Waals surface area contributed by atoms with Crippen LogP contribution >= 0.6 is 15.9 Å². The van der Waals surface area contributed by atoms with Crippen molar-refractivity contribution in [2.24, 2.45) is 0 Å². The van der Waals surface area contributed by atoms with Gasteiger partial charge in [0.15, 0.2) is 0 Å². The Morgan fingerprint density at radius 2 is 1.90 bits per heavy atom. The van der Waals surface area contributed by atoms with Crippen LogP contribution in [0.5, 0.6) is 5.75 Å². The van der Waals surface area contributed by atoms with Gasteiger partial charge in [0.2, 0.25) is 0 Å². The van der Waals surface area contributed by atoms with Crippen molar-refractivity contribution in [3.05, 3.63) is 70.3 Å². The summed E-state index contributed by atoms with van der Waals surface area (Å²) in [6.45, 7) is 0.367. The Labute approximate surface area is 131 Å². The summed E-state index contributed by atoms with van der Waals surface area (Å²) in [5.74, 6) is 0.689. The molecule has 0 aliphatic rings. The lowest BCUT2D eigenvalue weighted by atomic mass is 10.1. The van der Waals surface area contributed by atoms with Crippen LogP contribution in [0, 0.1) is 0 Å². The second-order valence-corrected chi connectivity index (χ2v) is 5.61. The number of hydrogen-bond donors (Lipinski definition) is 1. The first-order valence-electron chi connectivity index (χ1n) is 6.62. The summed E-state index contributed by atoms with van der Waals surface area (Å²) in [5.41, 5.74) is 2.74. The first kappa shape index (κ1) is 14.0. The van der Waals surface area contributed by atoms with Crippen molar-refractivity contribution in [1.82, 2.24) is 4.98 Å². The van der Waals surface area contributed by atoms with E-state index in [-0.39, 0.29) is 6.61 Å². The SMILES string of the molecule is OCc1cc(Br)ccc1OCc1cccc2cccnc12. The monoisotopic (exact) mass is 343 g/mol. The summed E-state index contributed by atoms with van der Waals surface area (Å²) in [6.07, 6.45) is 1.78. The number of aromatic nitrogens is 1. The summed E-state index contributed by atoms with van der Waals surface area (Å²) < 4.78 is 6.78. The molecule has 0 radical (unpaired) electrons. The third kappa shape index (κ3) is 3.06. The van der Waals surface area contributed by atoms with Crippen LogP contribution in [0.1, 0.15) is 11.1 Å². The van der Waals surface area contributed by atoms with Crippen molar-refractivity contribution in [3.8, 4) is 5.75 Å². The zero-order chi connectivity index (χ0) is 14.7. The highest BCUT2D eigenvalue weighted by Gasteiger charge is 2.06. The smallest absolute Gasteiger partial charge is 0.125 e. The average Bonchev–Trinajstić information content (AvgIpc) is 2.53. The quantitative estimate of drug-likeness (QED) is 0.776. The fourth-order valence-corrected chi connectivity index (χ4v) is 2.66. The van der Waals surface area contributed by atoms with Crippen LogP contribution in [0.15, 0.2) is 59.2 Å². The molecule has 4 heteroatoms. The van der Waals surface area contributed by atoms with Gasteiger partial charge in [0.05, 0.1) is 12.1 Å². The zero-order valence-electron chi connectivity index (χ0n) is 11.3. The first-order chi connectivity index (χ1) is 10.3. The van der Waals surface area contributed by atoms with Gasteiger partial charge in [0, 0.05) is 27.2 Å². The molecule has 0 fully saturated rings. The number of rotatable bonds is 4. The molecule has 0 unspecified atom stereocenters. The van der Waals surface area contributed by atoms with Crippen LogP contribution in [0.25, 0.3) is 10.9 Å². The van der Waals surface area contributed by atoms with E-state index >= 15 is 0 Å². The van der Waals surface area contributed by atoms with Crippen molar-refractivity contribution in [2.45, 2.75) is 13.2 Å². The van der Waals surface area contributed by atoms with Gasteiger partial charge in [-0.3, -0.25) is 4.98 Å². The molecule has 0 spiro atoms. The number of ether oxygens (including phenoxy) is 1. The topological polar surface area (TPSA) is 42.4 Å². The molecule has 106 valence electrons. The van der Waals surface area contributed by atoms with Gasteiger partial charge >= 0.3 is 0 Å². The van der Waals surface area contributed by atoms with Crippen molar-refractivity contribution < 1.29 is 9.84 Å². The minimum Gasteiger partial charge on any atom is -0.488 e. The van der Waals surface area contributed by atoms with E-state index in [9.17, 15) is 5.11 Å². The van der Waals surface area contributed by atoms with Crippen molar-refractivity contribution in [1.29, 1.82) is 0 Å². The van der Waals surface area contributed by atoms with Crippen LogP contribution in [0.3, 0.4) is 0 Å². The molecule has 3 aromatic rings. The number of hydrogen-bond acceptors (Lipinski definition) is 3. The summed E-state index contributed by atoms with van der Waals surface area (Å²) in [6, 6.07) is 15.6. The molecular formula is C17H14BrNO2. The minimum atomic E-state index is -0.0530. The molecule has 0 amide bonds. The summed E-state index contributed by atoms with van der Waals surface area (Å²) >= 11 is 3.39. The van der Waals surface area contributed by atoms with E-state index in [0.717, 1.165) is 26.5 Å². The maximum Gasteiger partial charge on any atom is 0.125 e. The fourth-order valence-electron chi connectivity index (χ4n) is 2.25. The normalized spacial score (nSPS) is 10.8. The maximum atomic E-state index is 9.40. The third-order valence-electron chi connectivity index (χ3n) is 3.29. The number of halogens is 1. The average molecular weight is 344 g/mol. The first-order valence-corrected chi connectivity index (χ1v) is 7.42. The summed E-state index contributed by atoms with van der Waals surface area (Å²) in [5, 5.41) is 10.5. The van der Waals surface area contributed by atoms with Crippen LogP contribution in [0.4, 0.5) is 0 Å². The molecule has 3 nitrogen and oxygen atoms in total. The fraction of sp³-hybridized carbons (Fsp3) is 0.118. The second kappa shape index (κ2) is 6.24. The van der Waals surface area contributed by atoms with Gasteiger partial charge in [-0.25, -0.2) is 0 Å². The van der Waals surface area contributed by atoms with Crippen LogP contribution in [0.2, 0.25) is 0 Å². The van der Waals surface area contributed by atoms with E-state index in [1.54, 1.807) is 6.20 Å². The molecule has 0 saturated heterocycles. The number of para-hydroxylation sites is 1. The van der Waals surface area contributed by atoms with E-state index in [1.165, 1.54) is 0 Å². The number of fused-ring (bicyclic) bond motifs is 1. The molecule has 2 aromatic carbocycles. The maximum absolute atomic E-state index is 9.40. The van der Waals surface area contributed by atoms with E-state index < -0.39 is 0 Å². The predicted octanol–water partition coefficient (Wildman–Crippen LogP) is 4.07. The molecule has 0 aliphatic heterocycles. The van der Waals surface area contributed by atoms with Crippen molar-refractivity contribution in [2.75, 3.05) is 0 Å². The molecule has 0 saturated carbocycles. The van der Waals surface area contributed by atoms with E-state index in [2.05, 4.69) is 20.9 Å². The van der Waals surface area contributed by atoms with Crippen molar-refractivity contribution >= 4 is 26.8 Å². The molecule has 1 N–H and O–H groups in total. The molecule has 1 heterocycles. The lowest BCUT2D eigenvalue weighted by Gasteiger charge is -2.11. The van der Waals surface area contributed by atoms with E-state index in [1.807, 2.05) is 48.5 Å². The molecule has 3 rings (SSSR count). The number of aliphatic hydroxyl groups excluding tert-OH is 1. The number of nitrogens with zero attached hydrogens (tertiary/aromatic N) is 1. The van der Waals surface area contributed by atoms with Crippen LogP contribution < -0.4 is 4.74 Å². The molecular weight excluding hydrogens is 330 g/mol. The largest absolute Gasteiger partial charge is 0.488 e. The minimum absolute atomic E-state index is 0.0530. The molecule has 0 aliphatic carbocycles. The van der Waals surface area contributed by atoms with Gasteiger partial charge in [0.1, 0.15) is 12.4 Å². The van der Waals surface area contributed by atoms with Gasteiger partial charge in [-0.1, -0.05) is 40.2 Å².